The van der Waals surface area contributed by atoms with Crippen LogP contribution in [0.2, 0.25) is 0 Å². The molecule has 0 aliphatic carbocycles. The molecule has 0 amide bonds. The van der Waals surface area contributed by atoms with Crippen molar-refractivity contribution in [3.8, 4) is 0 Å². The van der Waals surface area contributed by atoms with E-state index < -0.39 is 0 Å². The number of nitrogens with one attached hydrogen (secondary N) is 1. The Morgan fingerprint density at radius 2 is 1.80 bits per heavy atom. The van der Waals surface area contributed by atoms with Gasteiger partial charge in [0.1, 0.15) is 0 Å². The molecule has 1 aliphatic heterocycles. The van der Waals surface area contributed by atoms with Crippen molar-refractivity contribution in [1.29, 1.82) is 5.41 Å². The van der Waals surface area contributed by atoms with Gasteiger partial charge in [0.2, 0.25) is 0 Å². The maximum atomic E-state index is 7.39. The van der Waals surface area contributed by atoms with Crippen molar-refractivity contribution in [3.05, 3.63) is 0 Å². The Morgan fingerprint density at radius 1 is 1.30 bits per heavy atom. The largest absolute Gasteiger partial charge is 0.310 e. The van der Waals surface area contributed by atoms with Crippen LogP contribution in [-0.4, -0.2) is 29.7 Å². The molecular formula is C8H16N2. The predicted octanol–water partition coefficient (Wildman–Crippen LogP) is 1.51. The van der Waals surface area contributed by atoms with Gasteiger partial charge in [0.15, 0.2) is 0 Å². The monoisotopic (exact) mass is 140 g/mol. The molecule has 0 unspecified atom stereocenters. The lowest BCUT2D eigenvalue weighted by Crippen LogP contribution is -2.38. The maximum absolute atomic E-state index is 7.39. The van der Waals surface area contributed by atoms with Crippen LogP contribution in [0, 0.1) is 5.41 Å². The fraction of sp³-hybridized carbons (Fsp3) is 0.875. The van der Waals surface area contributed by atoms with E-state index in [1.54, 1.807) is 0 Å². The Bertz CT molecular complexity index is 119. The molecule has 1 heterocycles. The summed E-state index contributed by atoms with van der Waals surface area (Å²) in [5.74, 6) is 0. The highest BCUT2D eigenvalue weighted by Gasteiger charge is 2.15. The Labute approximate surface area is 62.7 Å². The van der Waals surface area contributed by atoms with Gasteiger partial charge in [-0.1, -0.05) is 0 Å². The van der Waals surface area contributed by atoms with Crippen LogP contribution in [-0.2, 0) is 0 Å². The molecule has 1 saturated heterocycles. The van der Waals surface area contributed by atoms with Gasteiger partial charge in [-0.05, 0) is 26.7 Å². The Kier molecular flexibility index (Phi) is 2.44. The summed E-state index contributed by atoms with van der Waals surface area (Å²) in [6.45, 7) is 6.62. The summed E-state index contributed by atoms with van der Waals surface area (Å²) >= 11 is 0. The summed E-state index contributed by atoms with van der Waals surface area (Å²) in [6.07, 6.45) is 1.97. The number of likely N-dealkylation sites (tertiary alicyclic amines) is 1. The normalized spacial score (nSPS) is 22.1. The molecule has 2 nitrogen and oxygen atoms in total. The van der Waals surface area contributed by atoms with Gasteiger partial charge in [-0.15, -0.1) is 0 Å². The van der Waals surface area contributed by atoms with Crippen LogP contribution in [0.4, 0.5) is 0 Å². The van der Waals surface area contributed by atoms with Crippen LogP contribution in [0.1, 0.15) is 26.7 Å². The molecule has 0 aromatic heterocycles. The topological polar surface area (TPSA) is 27.1 Å². The van der Waals surface area contributed by atoms with Crippen LogP contribution >= 0.6 is 0 Å². The van der Waals surface area contributed by atoms with Gasteiger partial charge in [-0.3, -0.25) is 0 Å². The Balaban J connectivity index is 2.33. The average molecular weight is 140 g/mol. The van der Waals surface area contributed by atoms with Gasteiger partial charge in [-0.25, -0.2) is 0 Å². The Hall–Kier alpha value is -0.370. The van der Waals surface area contributed by atoms with Crippen LogP contribution in [0.3, 0.4) is 0 Å². The summed E-state index contributed by atoms with van der Waals surface area (Å²) in [4.78, 5) is 2.43. The third-order valence-electron chi connectivity index (χ3n) is 2.13. The van der Waals surface area contributed by atoms with Gasteiger partial charge in [0, 0.05) is 24.8 Å². The second-order valence-corrected chi connectivity index (χ2v) is 3.23. The van der Waals surface area contributed by atoms with Gasteiger partial charge in [0.05, 0.1) is 0 Å². The van der Waals surface area contributed by atoms with Crippen molar-refractivity contribution in [2.24, 2.45) is 0 Å². The van der Waals surface area contributed by atoms with E-state index in [2.05, 4.69) is 18.7 Å². The van der Waals surface area contributed by atoms with Crippen molar-refractivity contribution in [1.82, 2.24) is 4.90 Å². The van der Waals surface area contributed by atoms with E-state index in [0.29, 0.717) is 6.04 Å². The standard InChI is InChI=1S/C8H16N2/c1-7(2)10-5-3-8(9)4-6-10/h7,9H,3-6H2,1-2H3. The van der Waals surface area contributed by atoms with E-state index in [4.69, 9.17) is 5.41 Å². The lowest BCUT2D eigenvalue weighted by atomic mass is 10.1. The van der Waals surface area contributed by atoms with Gasteiger partial charge in [0.25, 0.3) is 0 Å². The number of piperidine rings is 1. The molecule has 1 rings (SSSR count). The first kappa shape index (κ1) is 7.73. The van der Waals surface area contributed by atoms with Crippen molar-refractivity contribution in [3.63, 3.8) is 0 Å². The zero-order chi connectivity index (χ0) is 7.56. The third kappa shape index (κ3) is 1.81. The fourth-order valence-electron chi connectivity index (χ4n) is 1.31. The molecule has 2 heteroatoms. The fourth-order valence-corrected chi connectivity index (χ4v) is 1.31. The van der Waals surface area contributed by atoms with Crippen molar-refractivity contribution in [2.75, 3.05) is 13.1 Å². The second kappa shape index (κ2) is 3.15. The molecule has 58 valence electrons. The molecule has 0 radical (unpaired) electrons. The summed E-state index contributed by atoms with van der Waals surface area (Å²) < 4.78 is 0. The highest BCUT2D eigenvalue weighted by Crippen LogP contribution is 2.08. The molecule has 0 saturated carbocycles. The molecule has 0 aromatic rings. The summed E-state index contributed by atoms with van der Waals surface area (Å²) in [6, 6.07) is 0.660. The molecule has 1 N–H and O–H groups in total. The SMILES string of the molecule is CC(C)N1CCC(=N)CC1. The average Bonchev–Trinajstić information content (AvgIpc) is 1.88. The van der Waals surface area contributed by atoms with Crippen LogP contribution < -0.4 is 0 Å². The molecule has 0 atom stereocenters. The highest BCUT2D eigenvalue weighted by molar-refractivity contribution is 5.82. The van der Waals surface area contributed by atoms with E-state index in [1.165, 1.54) is 0 Å². The van der Waals surface area contributed by atoms with Gasteiger partial charge < -0.3 is 10.3 Å². The number of nitrogens with zero attached hydrogens (tertiary/aromatic N) is 1. The lowest BCUT2D eigenvalue weighted by Gasteiger charge is -2.30. The quantitative estimate of drug-likeness (QED) is 0.587. The van der Waals surface area contributed by atoms with Crippen molar-refractivity contribution in [2.45, 2.75) is 32.7 Å². The number of hydrogen-bond acceptors (Lipinski definition) is 2. The first-order valence-corrected chi connectivity index (χ1v) is 4.00. The van der Waals surface area contributed by atoms with Gasteiger partial charge in [-0.2, -0.15) is 0 Å². The van der Waals surface area contributed by atoms with E-state index in [-0.39, 0.29) is 0 Å². The van der Waals surface area contributed by atoms with E-state index in [0.717, 1.165) is 31.6 Å². The minimum absolute atomic E-state index is 0.660. The van der Waals surface area contributed by atoms with E-state index in [1.807, 2.05) is 0 Å². The molecule has 0 bridgehead atoms. The highest BCUT2D eigenvalue weighted by atomic mass is 15.1. The van der Waals surface area contributed by atoms with Crippen molar-refractivity contribution < 1.29 is 0 Å². The number of hydrogen-bond donors (Lipinski definition) is 1. The van der Waals surface area contributed by atoms with Crippen LogP contribution in [0.15, 0.2) is 0 Å². The summed E-state index contributed by atoms with van der Waals surface area (Å²) in [5.41, 5.74) is 0.928. The minimum Gasteiger partial charge on any atom is -0.310 e. The maximum Gasteiger partial charge on any atom is 0.0115 e. The predicted molar refractivity (Wildman–Crippen MR) is 43.7 cm³/mol. The summed E-state index contributed by atoms with van der Waals surface area (Å²) in [7, 11) is 0. The van der Waals surface area contributed by atoms with Crippen LogP contribution in [0.5, 0.6) is 0 Å². The summed E-state index contributed by atoms with van der Waals surface area (Å²) in [5, 5.41) is 7.39. The molecule has 10 heavy (non-hydrogen) atoms. The molecule has 1 aliphatic rings. The zero-order valence-corrected chi connectivity index (χ0v) is 6.85. The van der Waals surface area contributed by atoms with Crippen molar-refractivity contribution >= 4 is 5.71 Å². The molecule has 1 fully saturated rings. The smallest absolute Gasteiger partial charge is 0.0115 e. The molecular weight excluding hydrogens is 124 g/mol. The Morgan fingerprint density at radius 3 is 2.20 bits per heavy atom. The van der Waals surface area contributed by atoms with E-state index in [9.17, 15) is 0 Å². The third-order valence-corrected chi connectivity index (χ3v) is 2.13. The first-order valence-electron chi connectivity index (χ1n) is 4.00. The first-order chi connectivity index (χ1) is 4.70. The number of rotatable bonds is 1. The minimum atomic E-state index is 0.660. The lowest BCUT2D eigenvalue weighted by molar-refractivity contribution is 0.222. The van der Waals surface area contributed by atoms with E-state index >= 15 is 0 Å². The molecule has 0 aromatic carbocycles. The second-order valence-electron chi connectivity index (χ2n) is 3.23. The van der Waals surface area contributed by atoms with Gasteiger partial charge >= 0.3 is 0 Å². The molecule has 0 spiro atoms. The van der Waals surface area contributed by atoms with Crippen LogP contribution in [0.25, 0.3) is 0 Å². The zero-order valence-electron chi connectivity index (χ0n) is 6.85.